The molecule has 1 saturated heterocycles. The number of hydrogen-bond donors (Lipinski definition) is 3. The molecule has 1 fully saturated rings. The average molecular weight is 353 g/mol. The van der Waals surface area contributed by atoms with E-state index in [1.165, 1.54) is 0 Å². The van der Waals surface area contributed by atoms with Crippen molar-refractivity contribution in [2.75, 3.05) is 18.4 Å². The van der Waals surface area contributed by atoms with Crippen LogP contribution in [0.15, 0.2) is 18.2 Å². The highest BCUT2D eigenvalue weighted by atomic mass is 35.5. The lowest BCUT2D eigenvalue weighted by atomic mass is 10.1. The van der Waals surface area contributed by atoms with E-state index in [-0.39, 0.29) is 23.5 Å². The Balaban J connectivity index is 2.16. The zero-order chi connectivity index (χ0) is 17.9. The summed E-state index contributed by atoms with van der Waals surface area (Å²) in [7, 11) is 0. The number of nitrogens with two attached hydrogens (primary N) is 1. The largest absolute Gasteiger partial charge is 0.334 e. The van der Waals surface area contributed by atoms with Gasteiger partial charge in [0.15, 0.2) is 0 Å². The third kappa shape index (κ3) is 4.61. The minimum Gasteiger partial charge on any atom is -0.334 e. The molecule has 1 aromatic carbocycles. The van der Waals surface area contributed by atoms with Gasteiger partial charge in [0.1, 0.15) is 0 Å². The monoisotopic (exact) mass is 352 g/mol. The minimum atomic E-state index is -0.348. The van der Waals surface area contributed by atoms with Gasteiger partial charge in [0.25, 0.3) is 5.91 Å². The second kappa shape index (κ2) is 7.40. The third-order valence-electron chi connectivity index (χ3n) is 3.85. The average Bonchev–Trinajstić information content (AvgIpc) is 2.95. The number of benzene rings is 1. The summed E-state index contributed by atoms with van der Waals surface area (Å²) in [4.78, 5) is 26.5. The maximum atomic E-state index is 12.8. The molecule has 1 heterocycles. The van der Waals surface area contributed by atoms with Crippen molar-refractivity contribution in [2.45, 2.75) is 45.2 Å². The van der Waals surface area contributed by atoms with Gasteiger partial charge in [-0.05, 0) is 51.8 Å². The van der Waals surface area contributed by atoms with Gasteiger partial charge in [0.2, 0.25) is 0 Å². The van der Waals surface area contributed by atoms with E-state index in [0.29, 0.717) is 29.4 Å². The van der Waals surface area contributed by atoms with Crippen LogP contribution in [0, 0.1) is 0 Å². The van der Waals surface area contributed by atoms with Crippen LogP contribution >= 0.6 is 11.6 Å². The molecule has 1 unspecified atom stereocenters. The number of nitrogens with one attached hydrogen (secondary N) is 2. The van der Waals surface area contributed by atoms with Gasteiger partial charge < -0.3 is 21.3 Å². The van der Waals surface area contributed by atoms with Crippen LogP contribution in [0.4, 0.5) is 10.5 Å². The molecule has 0 aliphatic carbocycles. The molecule has 1 atom stereocenters. The normalized spacial score (nSPS) is 17.7. The number of hydrogen-bond acceptors (Lipinski definition) is 3. The predicted octanol–water partition coefficient (Wildman–Crippen LogP) is 2.82. The number of rotatable bonds is 3. The highest BCUT2D eigenvalue weighted by Gasteiger charge is 2.29. The maximum absolute atomic E-state index is 12.8. The molecule has 6 nitrogen and oxygen atoms in total. The van der Waals surface area contributed by atoms with Crippen molar-refractivity contribution < 1.29 is 9.59 Å². The van der Waals surface area contributed by atoms with Crippen molar-refractivity contribution in [1.29, 1.82) is 0 Å². The number of halogens is 1. The molecule has 0 bridgehead atoms. The van der Waals surface area contributed by atoms with E-state index < -0.39 is 0 Å². The highest BCUT2D eigenvalue weighted by molar-refractivity contribution is 6.34. The van der Waals surface area contributed by atoms with E-state index in [4.69, 9.17) is 17.3 Å². The van der Waals surface area contributed by atoms with Crippen molar-refractivity contribution in [3.63, 3.8) is 0 Å². The standard InChI is InChI=1S/C17H25ClN4O2/c1-17(2,3)21-16(24)20-11-6-7-14(18)13(9-11)15(23)22-8-4-5-12(22)10-19/h6-7,9,12H,4-5,8,10,19H2,1-3H3,(H2,20,21,24). The van der Waals surface area contributed by atoms with Crippen molar-refractivity contribution >= 4 is 29.2 Å². The van der Waals surface area contributed by atoms with E-state index in [1.807, 2.05) is 20.8 Å². The Morgan fingerprint density at radius 3 is 2.71 bits per heavy atom. The molecule has 132 valence electrons. The summed E-state index contributed by atoms with van der Waals surface area (Å²) in [5, 5.41) is 5.91. The first-order valence-electron chi connectivity index (χ1n) is 8.11. The second-order valence-corrected chi connectivity index (χ2v) is 7.46. The van der Waals surface area contributed by atoms with Gasteiger partial charge >= 0.3 is 6.03 Å². The number of likely N-dealkylation sites (tertiary alicyclic amines) is 1. The fourth-order valence-corrected chi connectivity index (χ4v) is 2.97. The Hall–Kier alpha value is -1.79. The highest BCUT2D eigenvalue weighted by Crippen LogP contribution is 2.26. The SMILES string of the molecule is CC(C)(C)NC(=O)Nc1ccc(Cl)c(C(=O)N2CCCC2CN)c1. The molecule has 7 heteroatoms. The first-order valence-corrected chi connectivity index (χ1v) is 8.49. The molecule has 0 spiro atoms. The van der Waals surface area contributed by atoms with Crippen LogP contribution < -0.4 is 16.4 Å². The van der Waals surface area contributed by atoms with Crippen LogP contribution in [-0.2, 0) is 0 Å². The molecule has 0 radical (unpaired) electrons. The Morgan fingerprint density at radius 2 is 2.08 bits per heavy atom. The number of nitrogens with zero attached hydrogens (tertiary/aromatic N) is 1. The van der Waals surface area contributed by atoms with Crippen LogP contribution in [0.3, 0.4) is 0 Å². The molecule has 0 aromatic heterocycles. The predicted molar refractivity (Wildman–Crippen MR) is 96.5 cm³/mol. The van der Waals surface area contributed by atoms with Gasteiger partial charge in [0, 0.05) is 30.4 Å². The van der Waals surface area contributed by atoms with Crippen molar-refractivity contribution in [3.8, 4) is 0 Å². The summed E-state index contributed by atoms with van der Waals surface area (Å²) in [6.07, 6.45) is 1.85. The zero-order valence-electron chi connectivity index (χ0n) is 14.4. The molecule has 1 aromatic rings. The summed E-state index contributed by atoms with van der Waals surface area (Å²) in [6.45, 7) is 6.80. The summed E-state index contributed by atoms with van der Waals surface area (Å²) in [6, 6.07) is 4.62. The summed E-state index contributed by atoms with van der Waals surface area (Å²) >= 11 is 6.20. The van der Waals surface area contributed by atoms with Gasteiger partial charge in [-0.2, -0.15) is 0 Å². The number of anilines is 1. The van der Waals surface area contributed by atoms with E-state index in [9.17, 15) is 9.59 Å². The van der Waals surface area contributed by atoms with Crippen LogP contribution in [0.1, 0.15) is 44.0 Å². The number of urea groups is 1. The molecule has 0 saturated carbocycles. The smallest absolute Gasteiger partial charge is 0.319 e. The van der Waals surface area contributed by atoms with Gasteiger partial charge in [-0.15, -0.1) is 0 Å². The lowest BCUT2D eigenvalue weighted by molar-refractivity contribution is 0.0741. The Labute approximate surface area is 147 Å². The first-order chi connectivity index (χ1) is 11.2. The minimum absolute atomic E-state index is 0.0503. The van der Waals surface area contributed by atoms with E-state index in [2.05, 4.69) is 10.6 Å². The second-order valence-electron chi connectivity index (χ2n) is 7.05. The van der Waals surface area contributed by atoms with Gasteiger partial charge in [-0.1, -0.05) is 11.6 Å². The Morgan fingerprint density at radius 1 is 1.38 bits per heavy atom. The summed E-state index contributed by atoms with van der Waals surface area (Å²) in [5.74, 6) is -0.146. The Bertz CT molecular complexity index is 628. The number of carbonyl (C=O) groups is 2. The fourth-order valence-electron chi connectivity index (χ4n) is 2.77. The van der Waals surface area contributed by atoms with Crippen molar-refractivity contribution in [2.24, 2.45) is 5.73 Å². The molecule has 3 amide bonds. The van der Waals surface area contributed by atoms with Crippen LogP contribution in [0.5, 0.6) is 0 Å². The van der Waals surface area contributed by atoms with E-state index in [1.54, 1.807) is 23.1 Å². The number of carbonyl (C=O) groups excluding carboxylic acids is 2. The lowest BCUT2D eigenvalue weighted by Crippen LogP contribution is -2.43. The third-order valence-corrected chi connectivity index (χ3v) is 4.18. The molecule has 24 heavy (non-hydrogen) atoms. The van der Waals surface area contributed by atoms with E-state index in [0.717, 1.165) is 12.8 Å². The number of amides is 3. The van der Waals surface area contributed by atoms with Crippen molar-refractivity contribution in [3.05, 3.63) is 28.8 Å². The van der Waals surface area contributed by atoms with Crippen LogP contribution in [0.2, 0.25) is 5.02 Å². The first kappa shape index (κ1) is 18.5. The maximum Gasteiger partial charge on any atom is 0.319 e. The van der Waals surface area contributed by atoms with Gasteiger partial charge in [-0.25, -0.2) is 4.79 Å². The van der Waals surface area contributed by atoms with Crippen LogP contribution in [-0.4, -0.2) is 41.5 Å². The summed E-state index contributed by atoms with van der Waals surface area (Å²) < 4.78 is 0. The Kier molecular flexibility index (Phi) is 5.72. The van der Waals surface area contributed by atoms with Crippen LogP contribution in [0.25, 0.3) is 0 Å². The molecular weight excluding hydrogens is 328 g/mol. The molecule has 4 N–H and O–H groups in total. The van der Waals surface area contributed by atoms with Gasteiger partial charge in [-0.3, -0.25) is 4.79 Å². The van der Waals surface area contributed by atoms with Crippen molar-refractivity contribution in [1.82, 2.24) is 10.2 Å². The molecule has 1 aliphatic rings. The quantitative estimate of drug-likeness (QED) is 0.781. The fraction of sp³-hybridized carbons (Fsp3) is 0.529. The molecule has 2 rings (SSSR count). The molecular formula is C17H25ClN4O2. The zero-order valence-corrected chi connectivity index (χ0v) is 15.1. The molecule has 1 aliphatic heterocycles. The van der Waals surface area contributed by atoms with E-state index >= 15 is 0 Å². The topological polar surface area (TPSA) is 87.5 Å². The van der Waals surface area contributed by atoms with Gasteiger partial charge in [0.05, 0.1) is 10.6 Å². The summed E-state index contributed by atoms with van der Waals surface area (Å²) in [5.41, 5.74) is 6.29. The lowest BCUT2D eigenvalue weighted by Gasteiger charge is -2.24.